The highest BCUT2D eigenvalue weighted by Gasteiger charge is 2.32. The molecule has 3 heterocycles. The third-order valence-corrected chi connectivity index (χ3v) is 6.52. The first-order valence-electron chi connectivity index (χ1n) is 8.93. The molecule has 2 atom stereocenters. The first-order valence-corrected chi connectivity index (χ1v) is 10.4. The number of aromatic nitrogens is 1. The lowest BCUT2D eigenvalue weighted by molar-refractivity contribution is -0.116. The van der Waals surface area contributed by atoms with Gasteiger partial charge in [-0.15, -0.1) is 0 Å². The average molecular weight is 387 g/mol. The number of pyridine rings is 1. The zero-order valence-electron chi connectivity index (χ0n) is 14.7. The van der Waals surface area contributed by atoms with Crippen molar-refractivity contribution in [1.82, 2.24) is 9.71 Å². The average Bonchev–Trinajstić information content (AvgIpc) is 3.08. The van der Waals surface area contributed by atoms with E-state index < -0.39 is 10.0 Å². The number of hydrogen-bond donors (Lipinski definition) is 2. The summed E-state index contributed by atoms with van der Waals surface area (Å²) in [5.41, 5.74) is 2.63. The van der Waals surface area contributed by atoms with E-state index in [0.717, 1.165) is 17.5 Å². The molecule has 8 heteroatoms. The van der Waals surface area contributed by atoms with Crippen molar-refractivity contribution in [3.63, 3.8) is 0 Å². The van der Waals surface area contributed by atoms with Crippen LogP contribution >= 0.6 is 0 Å². The largest absolute Gasteiger partial charge is 0.379 e. The van der Waals surface area contributed by atoms with E-state index in [1.807, 2.05) is 12.1 Å². The highest BCUT2D eigenvalue weighted by Crippen LogP contribution is 2.26. The van der Waals surface area contributed by atoms with Crippen LogP contribution in [0.4, 0.5) is 5.69 Å². The maximum absolute atomic E-state index is 12.9. The Hall–Kier alpha value is -2.29. The Morgan fingerprint density at radius 2 is 1.96 bits per heavy atom. The number of ether oxygens (including phenoxy) is 1. The van der Waals surface area contributed by atoms with Crippen molar-refractivity contribution in [2.75, 3.05) is 18.5 Å². The van der Waals surface area contributed by atoms with Crippen molar-refractivity contribution in [3.8, 4) is 0 Å². The van der Waals surface area contributed by atoms with Gasteiger partial charge in [-0.2, -0.15) is 0 Å². The van der Waals surface area contributed by atoms with Crippen LogP contribution in [0.1, 0.15) is 17.5 Å². The van der Waals surface area contributed by atoms with Crippen LogP contribution in [0.15, 0.2) is 47.6 Å². The number of anilines is 1. The Kier molecular flexibility index (Phi) is 4.94. The molecule has 1 amide bonds. The third-order valence-electron chi connectivity index (χ3n) is 5.03. The van der Waals surface area contributed by atoms with Crippen LogP contribution < -0.4 is 10.0 Å². The van der Waals surface area contributed by atoms with Crippen LogP contribution in [0.3, 0.4) is 0 Å². The molecule has 0 radical (unpaired) electrons. The zero-order chi connectivity index (χ0) is 18.9. The Morgan fingerprint density at radius 1 is 1.15 bits per heavy atom. The van der Waals surface area contributed by atoms with Gasteiger partial charge in [-0.3, -0.25) is 9.78 Å². The van der Waals surface area contributed by atoms with E-state index in [1.165, 1.54) is 6.07 Å². The Labute approximate surface area is 158 Å². The molecule has 0 unspecified atom stereocenters. The standard InChI is InChI=1S/C19H21N3O4S/c23-19-4-1-14-10-16(2-3-17(14)21-19)27(24,25)22-18-12-26-11-15(18)9-13-5-7-20-8-6-13/h2-3,5-8,10,15,18,22H,1,4,9,11-12H2,(H,21,23)/t15-,18+/m1/s1. The van der Waals surface area contributed by atoms with E-state index in [-0.39, 0.29) is 22.8 Å². The monoisotopic (exact) mass is 387 g/mol. The van der Waals surface area contributed by atoms with Crippen molar-refractivity contribution < 1.29 is 17.9 Å². The fourth-order valence-electron chi connectivity index (χ4n) is 3.55. The van der Waals surface area contributed by atoms with Gasteiger partial charge in [0.1, 0.15) is 0 Å². The second-order valence-electron chi connectivity index (χ2n) is 6.95. The van der Waals surface area contributed by atoms with Crippen LogP contribution in [0.25, 0.3) is 0 Å². The molecular weight excluding hydrogens is 366 g/mol. The summed E-state index contributed by atoms with van der Waals surface area (Å²) in [5.74, 6) is 0.0254. The molecule has 142 valence electrons. The molecule has 2 aromatic rings. The predicted octanol–water partition coefficient (Wildman–Crippen LogP) is 1.50. The minimum atomic E-state index is -3.67. The molecular formula is C19H21N3O4S. The normalized spacial score (nSPS) is 22.3. The summed E-state index contributed by atoms with van der Waals surface area (Å²) in [6.45, 7) is 0.877. The number of rotatable bonds is 5. The molecule has 0 spiro atoms. The predicted molar refractivity (Wildman–Crippen MR) is 99.8 cm³/mol. The first kappa shape index (κ1) is 18.1. The van der Waals surface area contributed by atoms with Crippen molar-refractivity contribution in [3.05, 3.63) is 53.9 Å². The summed E-state index contributed by atoms with van der Waals surface area (Å²) in [5, 5.41) is 2.77. The summed E-state index contributed by atoms with van der Waals surface area (Å²) < 4.78 is 34.1. The Morgan fingerprint density at radius 3 is 2.78 bits per heavy atom. The SMILES string of the molecule is O=C1CCc2cc(S(=O)(=O)N[C@H]3COC[C@H]3Cc3ccncc3)ccc2N1. The topological polar surface area (TPSA) is 97.4 Å². The number of carbonyl (C=O) groups excluding carboxylic acids is 1. The maximum atomic E-state index is 12.9. The molecule has 2 aliphatic rings. The number of aryl methyl sites for hydroxylation is 1. The van der Waals surface area contributed by atoms with Crippen molar-refractivity contribution in [2.45, 2.75) is 30.2 Å². The molecule has 1 saturated heterocycles. The highest BCUT2D eigenvalue weighted by atomic mass is 32.2. The second-order valence-corrected chi connectivity index (χ2v) is 8.67. The lowest BCUT2D eigenvalue weighted by atomic mass is 9.96. The number of amides is 1. The van der Waals surface area contributed by atoms with Gasteiger partial charge in [-0.05, 0) is 54.3 Å². The number of sulfonamides is 1. The lowest BCUT2D eigenvalue weighted by Crippen LogP contribution is -2.40. The minimum absolute atomic E-state index is 0.0432. The van der Waals surface area contributed by atoms with Gasteiger partial charge in [-0.25, -0.2) is 13.1 Å². The summed E-state index contributed by atoms with van der Waals surface area (Å²) in [6, 6.07) is 8.41. The number of carbonyl (C=O) groups is 1. The molecule has 1 aromatic heterocycles. The van der Waals surface area contributed by atoms with Gasteiger partial charge in [0.05, 0.1) is 24.2 Å². The molecule has 1 aromatic carbocycles. The van der Waals surface area contributed by atoms with Crippen LogP contribution in [-0.4, -0.2) is 38.6 Å². The van der Waals surface area contributed by atoms with E-state index in [9.17, 15) is 13.2 Å². The van der Waals surface area contributed by atoms with Crippen LogP contribution in [0.2, 0.25) is 0 Å². The Bertz CT molecular complexity index is 947. The second kappa shape index (κ2) is 7.38. The fraction of sp³-hybridized carbons (Fsp3) is 0.368. The van der Waals surface area contributed by atoms with Crippen molar-refractivity contribution in [1.29, 1.82) is 0 Å². The van der Waals surface area contributed by atoms with E-state index in [4.69, 9.17) is 4.74 Å². The summed E-state index contributed by atoms with van der Waals surface area (Å²) >= 11 is 0. The smallest absolute Gasteiger partial charge is 0.240 e. The summed E-state index contributed by atoms with van der Waals surface area (Å²) in [6.07, 6.45) is 5.11. The number of nitrogens with one attached hydrogen (secondary N) is 2. The maximum Gasteiger partial charge on any atom is 0.240 e. The zero-order valence-corrected chi connectivity index (χ0v) is 15.5. The number of hydrogen-bond acceptors (Lipinski definition) is 5. The molecule has 27 heavy (non-hydrogen) atoms. The third kappa shape index (κ3) is 4.02. The highest BCUT2D eigenvalue weighted by molar-refractivity contribution is 7.89. The number of nitrogens with zero attached hydrogens (tertiary/aromatic N) is 1. The molecule has 0 saturated carbocycles. The summed E-state index contributed by atoms with van der Waals surface area (Å²) in [4.78, 5) is 15.7. The molecule has 0 bridgehead atoms. The van der Waals surface area contributed by atoms with Crippen LogP contribution in [0.5, 0.6) is 0 Å². The van der Waals surface area contributed by atoms with Gasteiger partial charge in [0.25, 0.3) is 0 Å². The van der Waals surface area contributed by atoms with E-state index in [2.05, 4.69) is 15.0 Å². The first-order chi connectivity index (χ1) is 13.0. The molecule has 0 aliphatic carbocycles. The lowest BCUT2D eigenvalue weighted by Gasteiger charge is -2.21. The summed E-state index contributed by atoms with van der Waals surface area (Å²) in [7, 11) is -3.67. The van der Waals surface area contributed by atoms with Crippen LogP contribution in [0, 0.1) is 5.92 Å². The van der Waals surface area contributed by atoms with Crippen LogP contribution in [-0.2, 0) is 32.4 Å². The van der Waals surface area contributed by atoms with Gasteiger partial charge in [0, 0.05) is 30.4 Å². The molecule has 2 aliphatic heterocycles. The van der Waals surface area contributed by atoms with Gasteiger partial charge in [0.2, 0.25) is 15.9 Å². The number of benzene rings is 1. The fourth-order valence-corrected chi connectivity index (χ4v) is 4.89. The van der Waals surface area contributed by atoms with Gasteiger partial charge in [0.15, 0.2) is 0 Å². The van der Waals surface area contributed by atoms with Crippen molar-refractivity contribution >= 4 is 21.6 Å². The van der Waals surface area contributed by atoms with E-state index in [1.54, 1.807) is 24.5 Å². The number of fused-ring (bicyclic) bond motifs is 1. The van der Waals surface area contributed by atoms with Gasteiger partial charge >= 0.3 is 0 Å². The van der Waals surface area contributed by atoms with Crippen molar-refractivity contribution in [2.24, 2.45) is 5.92 Å². The molecule has 7 nitrogen and oxygen atoms in total. The van der Waals surface area contributed by atoms with E-state index in [0.29, 0.717) is 31.7 Å². The van der Waals surface area contributed by atoms with E-state index >= 15 is 0 Å². The minimum Gasteiger partial charge on any atom is -0.379 e. The van der Waals surface area contributed by atoms with Gasteiger partial charge < -0.3 is 10.1 Å². The molecule has 4 rings (SSSR count). The quantitative estimate of drug-likeness (QED) is 0.810. The Balaban J connectivity index is 1.50. The van der Waals surface area contributed by atoms with Gasteiger partial charge in [-0.1, -0.05) is 0 Å². The molecule has 2 N–H and O–H groups in total. The molecule has 1 fully saturated rings.